The van der Waals surface area contributed by atoms with Gasteiger partial charge in [0.2, 0.25) is 10.0 Å². The van der Waals surface area contributed by atoms with Gasteiger partial charge in [-0.25, -0.2) is 27.2 Å². The molecule has 0 amide bonds. The zero-order valence-electron chi connectivity index (χ0n) is 12.9. The second-order valence-corrected chi connectivity index (χ2v) is 8.48. The first-order chi connectivity index (χ1) is 10.1. The number of hydrogen-bond donors (Lipinski definition) is 1. The summed E-state index contributed by atoms with van der Waals surface area (Å²) in [5, 5.41) is 3.82. The second-order valence-electron chi connectivity index (χ2n) is 6.01. The van der Waals surface area contributed by atoms with Crippen molar-refractivity contribution in [2.24, 2.45) is 0 Å². The van der Waals surface area contributed by atoms with Crippen molar-refractivity contribution in [3.05, 3.63) is 42.1 Å². The molecule has 2 aromatic rings. The first-order valence-electron chi connectivity index (χ1n) is 6.78. The van der Waals surface area contributed by atoms with Crippen LogP contribution in [0.2, 0.25) is 0 Å². The molecule has 120 valence electrons. The Kier molecular flexibility index (Phi) is 4.35. The maximum absolute atomic E-state index is 12.9. The quantitative estimate of drug-likeness (QED) is 0.934. The molecule has 1 atom stereocenters. The van der Waals surface area contributed by atoms with Crippen LogP contribution in [0.3, 0.4) is 0 Å². The Morgan fingerprint density at radius 3 is 2.41 bits per heavy atom. The molecule has 0 bridgehead atoms. The maximum Gasteiger partial charge on any atom is 0.217 e. The van der Waals surface area contributed by atoms with E-state index in [2.05, 4.69) is 14.8 Å². The molecular formula is C14H19FN4O2S. The lowest BCUT2D eigenvalue weighted by Crippen LogP contribution is -2.40. The maximum atomic E-state index is 12.9. The van der Waals surface area contributed by atoms with Crippen molar-refractivity contribution in [2.75, 3.05) is 0 Å². The summed E-state index contributed by atoms with van der Waals surface area (Å²) >= 11 is 0. The molecule has 0 radical (unpaired) electrons. The van der Waals surface area contributed by atoms with Crippen molar-refractivity contribution in [2.45, 2.75) is 38.5 Å². The molecule has 8 heteroatoms. The lowest BCUT2D eigenvalue weighted by atomic mass is 10.1. The highest BCUT2D eigenvalue weighted by Gasteiger charge is 2.30. The van der Waals surface area contributed by atoms with E-state index in [-0.39, 0.29) is 0 Å². The minimum absolute atomic E-state index is 0.417. The van der Waals surface area contributed by atoms with Gasteiger partial charge in [0.1, 0.15) is 0 Å². The molecule has 0 unspecified atom stereocenters. The van der Waals surface area contributed by atoms with Gasteiger partial charge in [0.05, 0.1) is 17.1 Å². The van der Waals surface area contributed by atoms with E-state index in [1.54, 1.807) is 46.0 Å². The van der Waals surface area contributed by atoms with Crippen molar-refractivity contribution in [3.8, 4) is 5.82 Å². The van der Waals surface area contributed by atoms with Gasteiger partial charge in [0.25, 0.3) is 0 Å². The summed E-state index contributed by atoms with van der Waals surface area (Å²) in [6.07, 6.45) is 3.86. The molecule has 2 aromatic heterocycles. The van der Waals surface area contributed by atoms with E-state index in [1.807, 2.05) is 0 Å². The van der Waals surface area contributed by atoms with Crippen LogP contribution in [-0.4, -0.2) is 27.9 Å². The molecule has 1 N–H and O–H groups in total. The summed E-state index contributed by atoms with van der Waals surface area (Å²) in [6, 6.07) is 2.97. The molecule has 0 aliphatic heterocycles. The second kappa shape index (κ2) is 5.77. The van der Waals surface area contributed by atoms with E-state index in [9.17, 15) is 12.8 Å². The first kappa shape index (κ1) is 16.6. The summed E-state index contributed by atoms with van der Waals surface area (Å²) in [5.74, 6) is 0.00992. The molecule has 22 heavy (non-hydrogen) atoms. The fraction of sp³-hybridized carbons (Fsp3) is 0.429. The van der Waals surface area contributed by atoms with Gasteiger partial charge >= 0.3 is 0 Å². The average Bonchev–Trinajstić information content (AvgIpc) is 2.84. The predicted octanol–water partition coefficient (Wildman–Crippen LogP) is 2.19. The summed E-state index contributed by atoms with van der Waals surface area (Å²) in [7, 11) is -3.45. The standard InChI is InChI=1S/C14H19FN4O2S/c1-10(18-22(20,21)14(2,3)4)11-5-6-13(16-7-11)19-9-12(15)8-17-19/h5-10,18H,1-4H3/t10-/m1/s1. The Bertz CT molecular complexity index is 748. The number of pyridine rings is 1. The van der Waals surface area contributed by atoms with Gasteiger partial charge < -0.3 is 0 Å². The van der Waals surface area contributed by atoms with Crippen LogP contribution in [0.5, 0.6) is 0 Å². The van der Waals surface area contributed by atoms with Gasteiger partial charge in [-0.15, -0.1) is 0 Å². The van der Waals surface area contributed by atoms with Crippen molar-refractivity contribution in [1.29, 1.82) is 0 Å². The normalized spacial score (nSPS) is 14.0. The number of hydrogen-bond acceptors (Lipinski definition) is 4. The van der Waals surface area contributed by atoms with Gasteiger partial charge in [-0.1, -0.05) is 6.07 Å². The third-order valence-corrected chi connectivity index (χ3v) is 5.47. The van der Waals surface area contributed by atoms with Crippen molar-refractivity contribution in [3.63, 3.8) is 0 Å². The van der Waals surface area contributed by atoms with E-state index in [0.29, 0.717) is 11.4 Å². The topological polar surface area (TPSA) is 76.9 Å². The van der Waals surface area contributed by atoms with Crippen LogP contribution < -0.4 is 4.72 Å². The highest BCUT2D eigenvalue weighted by Crippen LogP contribution is 2.19. The lowest BCUT2D eigenvalue weighted by molar-refractivity contribution is 0.531. The molecule has 2 heterocycles. The van der Waals surface area contributed by atoms with Gasteiger partial charge in [-0.2, -0.15) is 5.10 Å². The largest absolute Gasteiger partial charge is 0.237 e. The van der Waals surface area contributed by atoms with Gasteiger partial charge in [0, 0.05) is 12.2 Å². The first-order valence-corrected chi connectivity index (χ1v) is 8.27. The number of nitrogens with one attached hydrogen (secondary N) is 1. The van der Waals surface area contributed by atoms with Gasteiger partial charge in [-0.3, -0.25) is 0 Å². The average molecular weight is 326 g/mol. The highest BCUT2D eigenvalue weighted by molar-refractivity contribution is 7.90. The number of halogens is 1. The third kappa shape index (κ3) is 3.50. The number of rotatable bonds is 4. The number of nitrogens with zero attached hydrogens (tertiary/aromatic N) is 3. The van der Waals surface area contributed by atoms with Crippen LogP contribution in [0.1, 0.15) is 39.3 Å². The summed E-state index contributed by atoms with van der Waals surface area (Å²) < 4.78 is 40.3. The summed E-state index contributed by atoms with van der Waals surface area (Å²) in [6.45, 7) is 6.65. The van der Waals surface area contributed by atoms with Crippen molar-refractivity contribution < 1.29 is 12.8 Å². The van der Waals surface area contributed by atoms with E-state index < -0.39 is 26.6 Å². The molecule has 0 aliphatic carbocycles. The molecule has 6 nitrogen and oxygen atoms in total. The fourth-order valence-corrected chi connectivity index (χ4v) is 2.65. The minimum atomic E-state index is -3.45. The monoisotopic (exact) mass is 326 g/mol. The lowest BCUT2D eigenvalue weighted by Gasteiger charge is -2.23. The van der Waals surface area contributed by atoms with Gasteiger partial charge in [0.15, 0.2) is 11.6 Å². The Hall–Kier alpha value is -1.80. The molecule has 0 saturated carbocycles. The molecule has 0 saturated heterocycles. The molecule has 0 fully saturated rings. The minimum Gasteiger partial charge on any atom is -0.237 e. The van der Waals surface area contributed by atoms with Crippen LogP contribution in [-0.2, 0) is 10.0 Å². The van der Waals surface area contributed by atoms with Crippen LogP contribution >= 0.6 is 0 Å². The third-order valence-electron chi connectivity index (χ3n) is 3.19. The molecule has 0 spiro atoms. The fourth-order valence-electron chi connectivity index (χ4n) is 1.69. The van der Waals surface area contributed by atoms with E-state index in [4.69, 9.17) is 0 Å². The SMILES string of the molecule is C[C@@H](NS(=O)(=O)C(C)(C)C)c1ccc(-n2cc(F)cn2)nc1. The van der Waals surface area contributed by atoms with Crippen molar-refractivity contribution >= 4 is 10.0 Å². The highest BCUT2D eigenvalue weighted by atomic mass is 32.2. The van der Waals surface area contributed by atoms with E-state index in [1.165, 1.54) is 10.9 Å². The Labute approximate surface area is 129 Å². The van der Waals surface area contributed by atoms with Crippen molar-refractivity contribution in [1.82, 2.24) is 19.5 Å². The smallest absolute Gasteiger partial charge is 0.217 e. The zero-order chi connectivity index (χ0) is 16.5. The Morgan fingerprint density at radius 1 is 1.27 bits per heavy atom. The summed E-state index contributed by atoms with van der Waals surface area (Å²) in [4.78, 5) is 4.17. The van der Waals surface area contributed by atoms with Crippen LogP contribution in [0.15, 0.2) is 30.7 Å². The van der Waals surface area contributed by atoms with E-state index >= 15 is 0 Å². The van der Waals surface area contributed by atoms with Crippen LogP contribution in [0.4, 0.5) is 4.39 Å². The molecule has 2 rings (SSSR count). The summed E-state index contributed by atoms with van der Waals surface area (Å²) in [5.41, 5.74) is 0.712. The Balaban J connectivity index is 2.17. The number of aromatic nitrogens is 3. The molecule has 0 aromatic carbocycles. The number of sulfonamides is 1. The van der Waals surface area contributed by atoms with Crippen LogP contribution in [0, 0.1) is 5.82 Å². The predicted molar refractivity (Wildman–Crippen MR) is 81.5 cm³/mol. The van der Waals surface area contributed by atoms with E-state index in [0.717, 1.165) is 6.20 Å². The molecular weight excluding hydrogens is 307 g/mol. The zero-order valence-corrected chi connectivity index (χ0v) is 13.7. The Morgan fingerprint density at radius 2 is 1.95 bits per heavy atom. The van der Waals surface area contributed by atoms with Crippen LogP contribution in [0.25, 0.3) is 5.82 Å². The van der Waals surface area contributed by atoms with Gasteiger partial charge in [-0.05, 0) is 39.3 Å². The molecule has 0 aliphatic rings.